The lowest BCUT2D eigenvalue weighted by Crippen LogP contribution is -2.21. The van der Waals surface area contributed by atoms with Crippen LogP contribution in [0, 0.1) is 24.2 Å². The summed E-state index contributed by atoms with van der Waals surface area (Å²) in [6, 6.07) is 0. The molecule has 2 aliphatic rings. The smallest absolute Gasteiger partial charge is 0.299 e. The quantitative estimate of drug-likeness (QED) is 0.878. The monoisotopic (exact) mass is 309 g/mol. The van der Waals surface area contributed by atoms with E-state index in [1.807, 2.05) is 6.08 Å². The lowest BCUT2D eigenvalue weighted by Gasteiger charge is -2.26. The molecule has 120 valence electrons. The van der Waals surface area contributed by atoms with Gasteiger partial charge in [0, 0.05) is 13.2 Å². The molecule has 0 bridgehead atoms. The van der Waals surface area contributed by atoms with Crippen LogP contribution >= 0.6 is 0 Å². The van der Waals surface area contributed by atoms with Crippen LogP contribution in [0.1, 0.15) is 37.3 Å². The predicted octanol–water partition coefficient (Wildman–Crippen LogP) is 3.05. The molecule has 1 saturated carbocycles. The first-order valence-corrected chi connectivity index (χ1v) is 7.70. The molecule has 0 aliphatic heterocycles. The number of aryl methyl sites for hydroxylation is 2. The number of aliphatic hydroxyl groups excluding tert-OH is 1. The van der Waals surface area contributed by atoms with Crippen molar-refractivity contribution in [2.24, 2.45) is 17.3 Å². The highest BCUT2D eigenvalue weighted by atomic mass is 19.3. The van der Waals surface area contributed by atoms with Gasteiger partial charge in [0.25, 0.3) is 6.43 Å². The minimum absolute atomic E-state index is 0.0688. The molecule has 6 heteroatoms. The molecule has 2 aliphatic carbocycles. The third kappa shape index (κ3) is 2.72. The molecule has 1 aromatic rings. The van der Waals surface area contributed by atoms with E-state index in [1.165, 1.54) is 0 Å². The second-order valence-electron chi connectivity index (χ2n) is 6.26. The Balaban J connectivity index is 1.71. The number of aromatic nitrogens is 3. The first kappa shape index (κ1) is 15.3. The van der Waals surface area contributed by atoms with Crippen LogP contribution in [-0.4, -0.2) is 26.5 Å². The summed E-state index contributed by atoms with van der Waals surface area (Å²) in [4.78, 5) is 3.81. The highest BCUT2D eigenvalue weighted by molar-refractivity contribution is 5.19. The molecule has 1 unspecified atom stereocenters. The zero-order chi connectivity index (χ0) is 15.7. The number of halogens is 2. The van der Waals surface area contributed by atoms with E-state index >= 15 is 0 Å². The number of hydrogen-bond acceptors (Lipinski definition) is 3. The van der Waals surface area contributed by atoms with Crippen molar-refractivity contribution in [1.29, 1.82) is 0 Å². The number of hydrogen-bond donors (Lipinski definition) is 1. The van der Waals surface area contributed by atoms with Crippen LogP contribution in [0.3, 0.4) is 0 Å². The van der Waals surface area contributed by atoms with E-state index in [1.54, 1.807) is 11.6 Å². The number of aliphatic hydroxyl groups is 1. The van der Waals surface area contributed by atoms with E-state index in [-0.39, 0.29) is 12.0 Å². The van der Waals surface area contributed by atoms with Crippen LogP contribution in [0.5, 0.6) is 0 Å². The minimum Gasteiger partial charge on any atom is -0.396 e. The largest absolute Gasteiger partial charge is 0.396 e. The summed E-state index contributed by atoms with van der Waals surface area (Å²) in [7, 11) is 0. The van der Waals surface area contributed by atoms with Gasteiger partial charge in [-0.2, -0.15) is 0 Å². The maximum Gasteiger partial charge on any atom is 0.299 e. The van der Waals surface area contributed by atoms with Crippen LogP contribution in [0.4, 0.5) is 8.78 Å². The molecule has 3 rings (SSSR count). The number of nitrogens with zero attached hydrogens (tertiary/aromatic N) is 3. The van der Waals surface area contributed by atoms with Gasteiger partial charge in [0.05, 0.1) is 0 Å². The molecule has 3 atom stereocenters. The van der Waals surface area contributed by atoms with Gasteiger partial charge in [0.2, 0.25) is 5.82 Å². The van der Waals surface area contributed by atoms with E-state index in [0.717, 1.165) is 19.3 Å². The van der Waals surface area contributed by atoms with Gasteiger partial charge in [0.1, 0.15) is 5.82 Å². The second-order valence-corrected chi connectivity index (χ2v) is 6.26. The topological polar surface area (TPSA) is 50.9 Å². The maximum absolute atomic E-state index is 12.7. The molecule has 0 amide bonds. The maximum atomic E-state index is 12.7. The standard InChI is InChI=1S/C16H21F2N3O/c1-11-19-15(14(17)18)20-21(11)8-7-16(9-13(16)10-22)12-5-3-2-4-6-12/h2-5,12-14,22H,6-10H2,1H3/t12?,13-,16-/m0/s1. The Morgan fingerprint density at radius 2 is 2.27 bits per heavy atom. The lowest BCUT2D eigenvalue weighted by atomic mass is 9.80. The molecule has 0 aromatic carbocycles. The Morgan fingerprint density at radius 3 is 2.82 bits per heavy atom. The van der Waals surface area contributed by atoms with Gasteiger partial charge in [-0.1, -0.05) is 24.3 Å². The van der Waals surface area contributed by atoms with Crippen LogP contribution in [-0.2, 0) is 6.54 Å². The number of alkyl halides is 2. The third-order valence-corrected chi connectivity index (χ3v) is 5.08. The van der Waals surface area contributed by atoms with Gasteiger partial charge >= 0.3 is 0 Å². The highest BCUT2D eigenvalue weighted by Gasteiger charge is 2.56. The van der Waals surface area contributed by atoms with E-state index < -0.39 is 12.2 Å². The SMILES string of the molecule is Cc1nc(C(F)F)nn1CC[C@@]1(C2C=CC=CC2)C[C@H]1CO. The van der Waals surface area contributed by atoms with Gasteiger partial charge in [0.15, 0.2) is 0 Å². The Labute approximate surface area is 128 Å². The van der Waals surface area contributed by atoms with E-state index in [2.05, 4.69) is 28.3 Å². The van der Waals surface area contributed by atoms with Crippen molar-refractivity contribution in [3.05, 3.63) is 36.0 Å². The van der Waals surface area contributed by atoms with Crippen LogP contribution in [0.15, 0.2) is 24.3 Å². The lowest BCUT2D eigenvalue weighted by molar-refractivity contribution is 0.139. The highest BCUT2D eigenvalue weighted by Crippen LogP contribution is 2.62. The molecular formula is C16H21F2N3O. The molecule has 1 aromatic heterocycles. The molecule has 1 N–H and O–H groups in total. The first-order valence-electron chi connectivity index (χ1n) is 7.70. The van der Waals surface area contributed by atoms with Gasteiger partial charge < -0.3 is 5.11 Å². The average Bonchev–Trinajstić information content (AvgIpc) is 3.13. The summed E-state index contributed by atoms with van der Waals surface area (Å²) in [6.07, 6.45) is 8.60. The molecule has 1 heterocycles. The zero-order valence-electron chi connectivity index (χ0n) is 12.6. The average molecular weight is 309 g/mol. The van der Waals surface area contributed by atoms with Crippen molar-refractivity contribution >= 4 is 0 Å². The summed E-state index contributed by atoms with van der Waals surface area (Å²) in [5.41, 5.74) is 0.0688. The summed E-state index contributed by atoms with van der Waals surface area (Å²) in [6.45, 7) is 2.45. The Bertz CT molecular complexity index is 596. The van der Waals surface area contributed by atoms with Gasteiger partial charge in [-0.15, -0.1) is 5.10 Å². The fourth-order valence-electron chi connectivity index (χ4n) is 3.66. The Morgan fingerprint density at radius 1 is 1.45 bits per heavy atom. The van der Waals surface area contributed by atoms with E-state index in [9.17, 15) is 13.9 Å². The number of rotatable bonds is 6. The Hall–Kier alpha value is -1.56. The summed E-state index contributed by atoms with van der Waals surface area (Å²) in [5, 5.41) is 13.4. The second kappa shape index (κ2) is 5.91. The van der Waals surface area contributed by atoms with E-state index in [4.69, 9.17) is 0 Å². The molecule has 4 nitrogen and oxygen atoms in total. The fraction of sp³-hybridized carbons (Fsp3) is 0.625. The van der Waals surface area contributed by atoms with Crippen molar-refractivity contribution in [2.75, 3.05) is 6.61 Å². The van der Waals surface area contributed by atoms with Gasteiger partial charge in [-0.25, -0.2) is 18.4 Å². The molecule has 0 spiro atoms. The van der Waals surface area contributed by atoms with Gasteiger partial charge in [-0.3, -0.25) is 0 Å². The summed E-state index contributed by atoms with van der Waals surface area (Å²) >= 11 is 0. The third-order valence-electron chi connectivity index (χ3n) is 5.08. The molecule has 0 saturated heterocycles. The van der Waals surface area contributed by atoms with Crippen LogP contribution in [0.2, 0.25) is 0 Å². The molecule has 22 heavy (non-hydrogen) atoms. The van der Waals surface area contributed by atoms with Crippen LogP contribution < -0.4 is 0 Å². The Kier molecular flexibility index (Phi) is 4.12. The zero-order valence-corrected chi connectivity index (χ0v) is 12.6. The fourth-order valence-corrected chi connectivity index (χ4v) is 3.66. The molecular weight excluding hydrogens is 288 g/mol. The number of allylic oxidation sites excluding steroid dienone is 4. The van der Waals surface area contributed by atoms with Crippen molar-refractivity contribution in [3.63, 3.8) is 0 Å². The molecule has 0 radical (unpaired) electrons. The van der Waals surface area contributed by atoms with Crippen LogP contribution in [0.25, 0.3) is 0 Å². The summed E-state index contributed by atoms with van der Waals surface area (Å²) < 4.78 is 26.9. The van der Waals surface area contributed by atoms with Gasteiger partial charge in [-0.05, 0) is 43.4 Å². The normalized spacial score (nSPS) is 30.2. The predicted molar refractivity (Wildman–Crippen MR) is 78.3 cm³/mol. The van der Waals surface area contributed by atoms with Crippen molar-refractivity contribution in [2.45, 2.75) is 39.2 Å². The van der Waals surface area contributed by atoms with Crippen molar-refractivity contribution < 1.29 is 13.9 Å². The van der Waals surface area contributed by atoms with E-state index in [0.29, 0.717) is 24.2 Å². The minimum atomic E-state index is -2.63. The van der Waals surface area contributed by atoms with Crippen molar-refractivity contribution in [1.82, 2.24) is 14.8 Å². The molecule has 1 fully saturated rings. The first-order chi connectivity index (χ1) is 10.6. The van der Waals surface area contributed by atoms with Crippen molar-refractivity contribution in [3.8, 4) is 0 Å². The summed E-state index contributed by atoms with van der Waals surface area (Å²) in [5.74, 6) is 0.826.